The lowest BCUT2D eigenvalue weighted by atomic mass is 10.2. The molecule has 128 valence electrons. The second-order valence-electron chi connectivity index (χ2n) is 5.11. The minimum atomic E-state index is -3.91. The third-order valence-electron chi connectivity index (χ3n) is 3.22. The van der Waals surface area contributed by atoms with Crippen LogP contribution in [0, 0.1) is 12.7 Å². The molecule has 1 amide bonds. The van der Waals surface area contributed by atoms with E-state index in [1.807, 2.05) is 0 Å². The number of ether oxygens (including phenoxy) is 1. The van der Waals surface area contributed by atoms with Crippen LogP contribution in [-0.4, -0.2) is 21.4 Å². The molecular formula is C16H17FN2O4S. The third kappa shape index (κ3) is 4.02. The van der Waals surface area contributed by atoms with Crippen LogP contribution in [0.3, 0.4) is 0 Å². The molecule has 8 heteroatoms. The smallest absolute Gasteiger partial charge is 0.261 e. The maximum Gasteiger partial charge on any atom is 0.261 e. The average molecular weight is 352 g/mol. The number of halogens is 1. The van der Waals surface area contributed by atoms with Gasteiger partial charge in [-0.05, 0) is 48.9 Å². The Hall–Kier alpha value is -2.61. The zero-order valence-electron chi connectivity index (χ0n) is 13.4. The number of carbonyl (C=O) groups excluding carboxylic acids is 1. The van der Waals surface area contributed by atoms with Gasteiger partial charge in [-0.1, -0.05) is 0 Å². The van der Waals surface area contributed by atoms with Crippen molar-refractivity contribution in [2.75, 3.05) is 17.1 Å². The first-order valence-corrected chi connectivity index (χ1v) is 8.46. The number of hydrogen-bond donors (Lipinski definition) is 2. The summed E-state index contributed by atoms with van der Waals surface area (Å²) in [6.45, 7) is 2.90. The molecule has 6 nitrogen and oxygen atoms in total. The van der Waals surface area contributed by atoms with Crippen LogP contribution in [0.4, 0.5) is 15.8 Å². The first-order valence-electron chi connectivity index (χ1n) is 6.97. The van der Waals surface area contributed by atoms with Crippen LogP contribution in [0.2, 0.25) is 0 Å². The second-order valence-corrected chi connectivity index (χ2v) is 6.79. The summed E-state index contributed by atoms with van der Waals surface area (Å²) >= 11 is 0. The van der Waals surface area contributed by atoms with Gasteiger partial charge in [0, 0.05) is 6.92 Å². The van der Waals surface area contributed by atoms with Crippen LogP contribution < -0.4 is 14.8 Å². The third-order valence-corrected chi connectivity index (χ3v) is 4.59. The highest BCUT2D eigenvalue weighted by atomic mass is 32.2. The summed E-state index contributed by atoms with van der Waals surface area (Å²) in [6, 6.07) is 7.83. The molecule has 0 aliphatic rings. The number of rotatable bonds is 5. The summed E-state index contributed by atoms with van der Waals surface area (Å²) in [5.74, 6) is -0.472. The molecule has 0 heterocycles. The van der Waals surface area contributed by atoms with Gasteiger partial charge in [-0.3, -0.25) is 9.52 Å². The Morgan fingerprint density at radius 2 is 1.83 bits per heavy atom. The molecule has 0 radical (unpaired) electrons. The molecule has 0 aromatic heterocycles. The molecule has 2 rings (SSSR count). The largest absolute Gasteiger partial charge is 0.495 e. The Morgan fingerprint density at radius 1 is 1.12 bits per heavy atom. The minimum absolute atomic E-state index is 0.0595. The fraction of sp³-hybridized carbons (Fsp3) is 0.188. The fourth-order valence-electron chi connectivity index (χ4n) is 2.09. The molecule has 0 unspecified atom stereocenters. The van der Waals surface area contributed by atoms with E-state index in [2.05, 4.69) is 10.0 Å². The lowest BCUT2D eigenvalue weighted by Crippen LogP contribution is -2.15. The average Bonchev–Trinajstić information content (AvgIpc) is 2.49. The molecule has 0 aliphatic carbocycles. The summed E-state index contributed by atoms with van der Waals surface area (Å²) in [7, 11) is -2.50. The van der Waals surface area contributed by atoms with Crippen LogP contribution in [0.15, 0.2) is 41.3 Å². The van der Waals surface area contributed by atoms with Gasteiger partial charge in [-0.25, -0.2) is 12.8 Å². The Bertz CT molecular complexity index is 882. The van der Waals surface area contributed by atoms with Crippen LogP contribution in [0.5, 0.6) is 5.75 Å². The van der Waals surface area contributed by atoms with Crippen molar-refractivity contribution >= 4 is 27.3 Å². The highest BCUT2D eigenvalue weighted by Gasteiger charge is 2.18. The van der Waals surface area contributed by atoms with Crippen molar-refractivity contribution < 1.29 is 22.3 Å². The van der Waals surface area contributed by atoms with Gasteiger partial charge in [-0.2, -0.15) is 0 Å². The van der Waals surface area contributed by atoms with Crippen molar-refractivity contribution in [1.82, 2.24) is 0 Å². The highest BCUT2D eigenvalue weighted by molar-refractivity contribution is 7.92. The number of carbonyl (C=O) groups is 1. The van der Waals surface area contributed by atoms with Crippen molar-refractivity contribution in [3.63, 3.8) is 0 Å². The van der Waals surface area contributed by atoms with Gasteiger partial charge in [0.1, 0.15) is 11.6 Å². The molecule has 24 heavy (non-hydrogen) atoms. The number of amides is 1. The van der Waals surface area contributed by atoms with E-state index < -0.39 is 15.8 Å². The van der Waals surface area contributed by atoms with E-state index >= 15 is 0 Å². The zero-order valence-corrected chi connectivity index (χ0v) is 14.2. The summed E-state index contributed by atoms with van der Waals surface area (Å²) in [6.07, 6.45) is 0. The SMILES string of the molecule is COc1ccc(S(=O)(=O)Nc2ccc(F)cc2C)cc1NC(C)=O. The molecular weight excluding hydrogens is 335 g/mol. The van der Waals surface area contributed by atoms with Crippen LogP contribution in [-0.2, 0) is 14.8 Å². The molecule has 2 aromatic rings. The Balaban J connectivity index is 2.40. The predicted octanol–water partition coefficient (Wildman–Crippen LogP) is 2.90. The van der Waals surface area contributed by atoms with Crippen LogP contribution >= 0.6 is 0 Å². The number of sulfonamides is 1. The summed E-state index contributed by atoms with van der Waals surface area (Å²) in [5, 5.41) is 2.51. The lowest BCUT2D eigenvalue weighted by molar-refractivity contribution is -0.114. The first kappa shape index (κ1) is 17.7. The van der Waals surface area contributed by atoms with Crippen LogP contribution in [0.25, 0.3) is 0 Å². The number of anilines is 2. The van der Waals surface area contributed by atoms with Gasteiger partial charge >= 0.3 is 0 Å². The number of hydrogen-bond acceptors (Lipinski definition) is 4. The number of nitrogens with one attached hydrogen (secondary N) is 2. The van der Waals surface area contributed by atoms with E-state index in [9.17, 15) is 17.6 Å². The van der Waals surface area contributed by atoms with E-state index in [1.54, 1.807) is 6.92 Å². The molecule has 2 aromatic carbocycles. The molecule has 0 saturated carbocycles. The quantitative estimate of drug-likeness (QED) is 0.866. The molecule has 0 atom stereocenters. The molecule has 0 fully saturated rings. The predicted molar refractivity (Wildman–Crippen MR) is 89.2 cm³/mol. The van der Waals surface area contributed by atoms with Crippen molar-refractivity contribution in [3.8, 4) is 5.75 Å². The normalized spacial score (nSPS) is 11.0. The van der Waals surface area contributed by atoms with E-state index in [1.165, 1.54) is 50.4 Å². The molecule has 0 bridgehead atoms. The van der Waals surface area contributed by atoms with E-state index in [-0.39, 0.29) is 22.2 Å². The first-order chi connectivity index (χ1) is 11.2. The van der Waals surface area contributed by atoms with E-state index in [4.69, 9.17) is 4.74 Å². The second kappa shape index (κ2) is 6.88. The maximum absolute atomic E-state index is 13.1. The molecule has 0 aliphatic heterocycles. The van der Waals surface area contributed by atoms with Gasteiger partial charge in [-0.15, -0.1) is 0 Å². The number of methoxy groups -OCH3 is 1. The summed E-state index contributed by atoms with van der Waals surface area (Å²) < 4.78 is 45.7. The minimum Gasteiger partial charge on any atom is -0.495 e. The lowest BCUT2D eigenvalue weighted by Gasteiger charge is -2.13. The number of benzene rings is 2. The fourth-order valence-corrected chi connectivity index (χ4v) is 3.24. The summed E-state index contributed by atoms with van der Waals surface area (Å²) in [5.41, 5.74) is 0.964. The van der Waals surface area contributed by atoms with Crippen molar-refractivity contribution in [1.29, 1.82) is 0 Å². The zero-order chi connectivity index (χ0) is 17.9. The standard InChI is InChI=1S/C16H17FN2O4S/c1-10-8-12(17)4-6-14(10)19-24(21,22)13-5-7-16(23-3)15(9-13)18-11(2)20/h4-9,19H,1-3H3,(H,18,20). The van der Waals surface area contributed by atoms with Gasteiger partial charge in [0.2, 0.25) is 5.91 Å². The van der Waals surface area contributed by atoms with Gasteiger partial charge in [0.25, 0.3) is 10.0 Å². The van der Waals surface area contributed by atoms with Gasteiger partial charge in [0.15, 0.2) is 0 Å². The van der Waals surface area contributed by atoms with Gasteiger partial charge < -0.3 is 10.1 Å². The molecule has 0 saturated heterocycles. The van der Waals surface area contributed by atoms with E-state index in [0.29, 0.717) is 11.3 Å². The topological polar surface area (TPSA) is 84.5 Å². The van der Waals surface area contributed by atoms with Crippen LogP contribution in [0.1, 0.15) is 12.5 Å². The van der Waals surface area contributed by atoms with Crippen molar-refractivity contribution in [3.05, 3.63) is 47.8 Å². The maximum atomic E-state index is 13.1. The van der Waals surface area contributed by atoms with E-state index in [0.717, 1.165) is 0 Å². The van der Waals surface area contributed by atoms with Gasteiger partial charge in [0.05, 0.1) is 23.4 Å². The Kier molecular flexibility index (Phi) is 5.08. The summed E-state index contributed by atoms with van der Waals surface area (Å²) in [4.78, 5) is 11.2. The highest BCUT2D eigenvalue weighted by Crippen LogP contribution is 2.29. The molecule has 2 N–H and O–H groups in total. The Labute approximate surface area is 139 Å². The van der Waals surface area contributed by atoms with Crippen molar-refractivity contribution in [2.45, 2.75) is 18.7 Å². The van der Waals surface area contributed by atoms with Crippen molar-refractivity contribution in [2.24, 2.45) is 0 Å². The number of aryl methyl sites for hydroxylation is 1. The monoisotopic (exact) mass is 352 g/mol. The Morgan fingerprint density at radius 3 is 2.42 bits per heavy atom. The molecule has 0 spiro atoms.